The summed E-state index contributed by atoms with van der Waals surface area (Å²) in [5.74, 6) is -1.25. The summed E-state index contributed by atoms with van der Waals surface area (Å²) in [4.78, 5) is 27.2. The van der Waals surface area contributed by atoms with Crippen molar-refractivity contribution in [3.63, 3.8) is 0 Å². The van der Waals surface area contributed by atoms with Gasteiger partial charge in [0.05, 0.1) is 6.42 Å². The van der Waals surface area contributed by atoms with Crippen LogP contribution in [0.15, 0.2) is 42.5 Å². The Labute approximate surface area is 181 Å². The van der Waals surface area contributed by atoms with Crippen molar-refractivity contribution >= 4 is 35.0 Å². The molecule has 0 aliphatic rings. The van der Waals surface area contributed by atoms with E-state index in [0.29, 0.717) is 10.6 Å². The van der Waals surface area contributed by atoms with Crippen LogP contribution in [-0.2, 0) is 22.6 Å². The average Bonchev–Trinajstić information content (AvgIpc) is 2.69. The Morgan fingerprint density at radius 3 is 2.34 bits per heavy atom. The highest BCUT2D eigenvalue weighted by Crippen LogP contribution is 2.23. The summed E-state index contributed by atoms with van der Waals surface area (Å²) in [5, 5.41) is 3.55. The maximum Gasteiger partial charge on any atom is 0.242 e. The summed E-state index contributed by atoms with van der Waals surface area (Å²) in [7, 11) is 0. The van der Waals surface area contributed by atoms with Crippen LogP contribution in [0.1, 0.15) is 38.3 Å². The van der Waals surface area contributed by atoms with Gasteiger partial charge in [-0.05, 0) is 44.0 Å². The van der Waals surface area contributed by atoms with Crippen LogP contribution in [0.5, 0.6) is 0 Å². The third-order valence-electron chi connectivity index (χ3n) is 4.86. The Hall–Kier alpha value is -2.11. The first-order valence-electron chi connectivity index (χ1n) is 9.50. The topological polar surface area (TPSA) is 49.4 Å². The van der Waals surface area contributed by atoms with E-state index in [0.717, 1.165) is 6.42 Å². The fourth-order valence-electron chi connectivity index (χ4n) is 2.81. The molecule has 1 N–H and O–H groups in total. The van der Waals surface area contributed by atoms with Crippen molar-refractivity contribution in [2.24, 2.45) is 0 Å². The van der Waals surface area contributed by atoms with Crippen molar-refractivity contribution in [2.75, 3.05) is 0 Å². The van der Waals surface area contributed by atoms with E-state index in [9.17, 15) is 14.0 Å². The number of hydrogen-bond donors (Lipinski definition) is 1. The highest BCUT2D eigenvalue weighted by atomic mass is 35.5. The Morgan fingerprint density at radius 1 is 1.07 bits per heavy atom. The molecular formula is C22H25Cl2FN2O2. The lowest BCUT2D eigenvalue weighted by molar-refractivity contribution is -0.140. The minimum Gasteiger partial charge on any atom is -0.352 e. The van der Waals surface area contributed by atoms with Crippen LogP contribution in [0.25, 0.3) is 0 Å². The van der Waals surface area contributed by atoms with Gasteiger partial charge in [-0.25, -0.2) is 4.39 Å². The molecule has 0 fully saturated rings. The molecule has 2 amide bonds. The number of hydrogen-bond acceptors (Lipinski definition) is 2. The first kappa shape index (κ1) is 23.2. The van der Waals surface area contributed by atoms with E-state index in [1.807, 2.05) is 19.9 Å². The normalized spacial score (nSPS) is 12.9. The van der Waals surface area contributed by atoms with Crippen molar-refractivity contribution in [3.05, 3.63) is 69.5 Å². The number of carbonyl (C=O) groups is 2. The molecule has 4 nitrogen and oxygen atoms in total. The summed E-state index contributed by atoms with van der Waals surface area (Å²) in [6.07, 6.45) is 0.513. The number of nitrogens with zero attached hydrogens (tertiary/aromatic N) is 1. The number of amides is 2. The van der Waals surface area contributed by atoms with E-state index in [1.165, 1.54) is 23.1 Å². The molecule has 2 aromatic rings. The van der Waals surface area contributed by atoms with Crippen LogP contribution in [0.3, 0.4) is 0 Å². The van der Waals surface area contributed by atoms with Crippen LogP contribution in [0.2, 0.25) is 10.0 Å². The fraction of sp³-hybridized carbons (Fsp3) is 0.364. The molecule has 0 spiro atoms. The van der Waals surface area contributed by atoms with E-state index in [2.05, 4.69) is 5.32 Å². The van der Waals surface area contributed by atoms with Gasteiger partial charge < -0.3 is 10.2 Å². The summed E-state index contributed by atoms with van der Waals surface area (Å²) >= 11 is 12.3. The quantitative estimate of drug-likeness (QED) is 0.629. The predicted molar refractivity (Wildman–Crippen MR) is 114 cm³/mol. The van der Waals surface area contributed by atoms with Crippen LogP contribution in [-0.4, -0.2) is 28.8 Å². The molecule has 0 aliphatic carbocycles. The van der Waals surface area contributed by atoms with Gasteiger partial charge in [0.1, 0.15) is 11.9 Å². The number of rotatable bonds is 8. The zero-order valence-corrected chi connectivity index (χ0v) is 18.2. The summed E-state index contributed by atoms with van der Waals surface area (Å²) in [5.41, 5.74) is 0.809. The van der Waals surface area contributed by atoms with Crippen molar-refractivity contribution in [1.29, 1.82) is 0 Å². The van der Waals surface area contributed by atoms with E-state index in [4.69, 9.17) is 23.2 Å². The van der Waals surface area contributed by atoms with Gasteiger partial charge in [0, 0.05) is 28.2 Å². The second-order valence-corrected chi connectivity index (χ2v) is 7.80. The van der Waals surface area contributed by atoms with E-state index in [1.54, 1.807) is 25.1 Å². The Morgan fingerprint density at radius 2 is 1.72 bits per heavy atom. The molecule has 2 atom stereocenters. The molecule has 0 unspecified atom stereocenters. The van der Waals surface area contributed by atoms with Crippen molar-refractivity contribution < 1.29 is 14.0 Å². The first-order chi connectivity index (χ1) is 13.7. The number of benzene rings is 2. The molecule has 7 heteroatoms. The molecule has 29 heavy (non-hydrogen) atoms. The molecule has 0 aromatic heterocycles. The molecule has 0 saturated heterocycles. The van der Waals surface area contributed by atoms with Crippen molar-refractivity contribution in [3.8, 4) is 0 Å². The zero-order valence-electron chi connectivity index (χ0n) is 16.7. The SMILES string of the molecule is CC[C@@H](C)NC(=O)[C@H](C)N(Cc1ccccc1Cl)C(=O)Cc1c(F)cccc1Cl. The lowest BCUT2D eigenvalue weighted by Gasteiger charge is -2.30. The van der Waals surface area contributed by atoms with Crippen LogP contribution < -0.4 is 5.32 Å². The number of halogens is 3. The van der Waals surface area contributed by atoms with Gasteiger partial charge in [0.25, 0.3) is 0 Å². The highest BCUT2D eigenvalue weighted by molar-refractivity contribution is 6.31. The molecular weight excluding hydrogens is 414 g/mol. The molecule has 156 valence electrons. The van der Waals surface area contributed by atoms with Crippen LogP contribution >= 0.6 is 23.2 Å². The smallest absolute Gasteiger partial charge is 0.242 e. The summed E-state index contributed by atoms with van der Waals surface area (Å²) < 4.78 is 14.2. The summed E-state index contributed by atoms with van der Waals surface area (Å²) in [6, 6.07) is 10.6. The van der Waals surface area contributed by atoms with Gasteiger partial charge in [0.2, 0.25) is 11.8 Å². The largest absolute Gasteiger partial charge is 0.352 e. The molecule has 2 rings (SSSR count). The Balaban J connectivity index is 2.31. The van der Waals surface area contributed by atoms with Gasteiger partial charge >= 0.3 is 0 Å². The first-order valence-corrected chi connectivity index (χ1v) is 10.3. The van der Waals surface area contributed by atoms with Crippen molar-refractivity contribution in [2.45, 2.75) is 52.2 Å². The molecule has 0 saturated carbocycles. The minimum absolute atomic E-state index is 0.0248. The second kappa shape index (κ2) is 10.6. The monoisotopic (exact) mass is 438 g/mol. The Bertz CT molecular complexity index is 855. The van der Waals surface area contributed by atoms with Gasteiger partial charge in [-0.3, -0.25) is 9.59 Å². The Kier molecular flexibility index (Phi) is 8.47. The molecule has 2 aromatic carbocycles. The maximum atomic E-state index is 14.2. The lowest BCUT2D eigenvalue weighted by atomic mass is 10.1. The molecule has 0 bridgehead atoms. The molecule has 0 aliphatic heterocycles. The average molecular weight is 439 g/mol. The third-order valence-corrected chi connectivity index (χ3v) is 5.58. The zero-order chi connectivity index (χ0) is 21.6. The fourth-order valence-corrected chi connectivity index (χ4v) is 3.24. The highest BCUT2D eigenvalue weighted by Gasteiger charge is 2.28. The standard InChI is InChI=1S/C22H25Cl2FN2O2/c1-4-14(2)26-22(29)15(3)27(13-16-8-5-6-9-18(16)23)21(28)12-17-19(24)10-7-11-20(17)25/h5-11,14-15H,4,12-13H2,1-3H3,(H,26,29)/t14-,15+/m1/s1. The van der Waals surface area contributed by atoms with Crippen molar-refractivity contribution in [1.82, 2.24) is 10.2 Å². The minimum atomic E-state index is -0.765. The summed E-state index contributed by atoms with van der Waals surface area (Å²) in [6.45, 7) is 5.63. The predicted octanol–water partition coefficient (Wildman–Crippen LogP) is 5.01. The van der Waals surface area contributed by atoms with Crippen LogP contribution in [0.4, 0.5) is 4.39 Å². The lowest BCUT2D eigenvalue weighted by Crippen LogP contribution is -2.50. The van der Waals surface area contributed by atoms with E-state index in [-0.39, 0.29) is 35.5 Å². The van der Waals surface area contributed by atoms with E-state index < -0.39 is 17.8 Å². The third kappa shape index (κ3) is 6.18. The second-order valence-electron chi connectivity index (χ2n) is 6.98. The maximum absolute atomic E-state index is 14.2. The van der Waals surface area contributed by atoms with Gasteiger partial charge in [-0.1, -0.05) is 54.4 Å². The van der Waals surface area contributed by atoms with Gasteiger partial charge in [0.15, 0.2) is 0 Å². The number of carbonyl (C=O) groups excluding carboxylic acids is 2. The molecule has 0 heterocycles. The van der Waals surface area contributed by atoms with E-state index >= 15 is 0 Å². The molecule has 0 radical (unpaired) electrons. The van der Waals surface area contributed by atoms with Gasteiger partial charge in [-0.2, -0.15) is 0 Å². The number of nitrogens with one attached hydrogen (secondary N) is 1. The van der Waals surface area contributed by atoms with Crippen LogP contribution in [0, 0.1) is 5.82 Å². The van der Waals surface area contributed by atoms with Gasteiger partial charge in [-0.15, -0.1) is 0 Å².